The highest BCUT2D eigenvalue weighted by molar-refractivity contribution is 7.89. The Morgan fingerprint density at radius 1 is 1.00 bits per heavy atom. The molecule has 6 nitrogen and oxygen atoms in total. The van der Waals surface area contributed by atoms with Crippen molar-refractivity contribution < 1.29 is 22.2 Å². The van der Waals surface area contributed by atoms with Gasteiger partial charge < -0.3 is 4.74 Å². The van der Waals surface area contributed by atoms with Crippen LogP contribution in [-0.2, 0) is 30.4 Å². The van der Waals surface area contributed by atoms with Gasteiger partial charge in [-0.2, -0.15) is 0 Å². The van der Waals surface area contributed by atoms with Gasteiger partial charge >= 0.3 is 5.97 Å². The van der Waals surface area contributed by atoms with Crippen molar-refractivity contribution in [2.24, 2.45) is 0 Å². The highest BCUT2D eigenvalue weighted by atomic mass is 32.2. The number of carbonyl (C=O) groups excluding carboxylic acids is 1. The third-order valence-electron chi connectivity index (χ3n) is 4.27. The van der Waals surface area contributed by atoms with Gasteiger partial charge in [0.15, 0.2) is 0 Å². The highest BCUT2D eigenvalue weighted by Crippen LogP contribution is 2.11. The lowest BCUT2D eigenvalue weighted by atomic mass is 10.1. The van der Waals surface area contributed by atoms with E-state index in [0.29, 0.717) is 6.42 Å². The zero-order chi connectivity index (χ0) is 19.8. The molecule has 0 aromatic rings. The molecule has 0 radical (unpaired) electrons. The minimum Gasteiger partial charge on any atom is -0.468 e. The summed E-state index contributed by atoms with van der Waals surface area (Å²) in [6.07, 6.45) is 13.0. The second-order valence-electron chi connectivity index (χ2n) is 6.76. The number of ether oxygens (including phenoxy) is 1. The van der Waals surface area contributed by atoms with E-state index < -0.39 is 32.8 Å². The fraction of sp³-hybridized carbons (Fsp3) is 0.944. The van der Waals surface area contributed by atoms with E-state index in [2.05, 4.69) is 16.4 Å². The molecule has 0 aliphatic rings. The minimum atomic E-state index is -3.54. The summed E-state index contributed by atoms with van der Waals surface area (Å²) in [5.74, 6) is -0.380. The van der Waals surface area contributed by atoms with Crippen LogP contribution in [0.1, 0.15) is 77.6 Å². The average molecular weight is 412 g/mol. The summed E-state index contributed by atoms with van der Waals surface area (Å²) in [7, 11) is -3.41. The van der Waals surface area contributed by atoms with Gasteiger partial charge in [-0.3, -0.25) is 9.00 Å². The Balaban J connectivity index is 4.00. The molecule has 0 saturated carbocycles. The lowest BCUT2D eigenvalue weighted by Gasteiger charge is -2.16. The maximum Gasteiger partial charge on any atom is 0.323 e. The van der Waals surface area contributed by atoms with E-state index >= 15 is 0 Å². The standard InChI is InChI=1S/C18H37NO5S2/c1-4-5-6-7-8-9-10-11-12-13-16-26(22,23)19-17(18(20)24-2)14-15-25(3)21/h17,19H,4-16H2,1-3H3. The molecule has 0 amide bonds. The molecule has 0 fully saturated rings. The molecule has 0 bridgehead atoms. The maximum atomic E-state index is 12.1. The Hall–Kier alpha value is -0.470. The van der Waals surface area contributed by atoms with Gasteiger partial charge in [0.2, 0.25) is 10.0 Å². The molecule has 0 aliphatic carbocycles. The van der Waals surface area contributed by atoms with Crippen molar-refractivity contribution in [2.75, 3.05) is 24.9 Å². The lowest BCUT2D eigenvalue weighted by Crippen LogP contribution is -2.43. The summed E-state index contributed by atoms with van der Waals surface area (Å²) < 4.78 is 42.5. The lowest BCUT2D eigenvalue weighted by molar-refractivity contribution is -0.142. The van der Waals surface area contributed by atoms with Crippen LogP contribution in [0.25, 0.3) is 0 Å². The van der Waals surface area contributed by atoms with Crippen molar-refractivity contribution in [1.82, 2.24) is 4.72 Å². The third kappa shape index (κ3) is 14.7. The number of esters is 1. The molecule has 0 aromatic heterocycles. The van der Waals surface area contributed by atoms with Crippen molar-refractivity contribution in [3.05, 3.63) is 0 Å². The number of carbonyl (C=O) groups is 1. The van der Waals surface area contributed by atoms with Crippen molar-refractivity contribution in [1.29, 1.82) is 0 Å². The summed E-state index contributed by atoms with van der Waals surface area (Å²) in [6, 6.07) is -0.961. The molecule has 0 heterocycles. The summed E-state index contributed by atoms with van der Waals surface area (Å²) in [5.41, 5.74) is 0. The Morgan fingerprint density at radius 2 is 1.50 bits per heavy atom. The minimum absolute atomic E-state index is 0.00616. The highest BCUT2D eigenvalue weighted by Gasteiger charge is 2.25. The number of hydrogen-bond acceptors (Lipinski definition) is 5. The summed E-state index contributed by atoms with van der Waals surface area (Å²) in [5, 5.41) is 0. The number of rotatable bonds is 17. The van der Waals surface area contributed by atoms with E-state index in [-0.39, 0.29) is 17.9 Å². The van der Waals surface area contributed by atoms with E-state index in [4.69, 9.17) is 0 Å². The molecular formula is C18H37NO5S2. The first kappa shape index (κ1) is 25.5. The third-order valence-corrected chi connectivity index (χ3v) is 6.55. The molecule has 0 aromatic carbocycles. The first-order valence-electron chi connectivity index (χ1n) is 9.70. The van der Waals surface area contributed by atoms with Crippen molar-refractivity contribution in [3.8, 4) is 0 Å². The molecule has 8 heteroatoms. The van der Waals surface area contributed by atoms with Crippen LogP contribution < -0.4 is 4.72 Å². The van der Waals surface area contributed by atoms with Gasteiger partial charge in [-0.1, -0.05) is 64.7 Å². The van der Waals surface area contributed by atoms with Gasteiger partial charge in [-0.25, -0.2) is 13.1 Å². The van der Waals surface area contributed by atoms with Crippen LogP contribution in [0.15, 0.2) is 0 Å². The fourth-order valence-corrected chi connectivity index (χ4v) is 4.62. The molecule has 2 atom stereocenters. The van der Waals surface area contributed by atoms with Crippen molar-refractivity contribution >= 4 is 26.8 Å². The van der Waals surface area contributed by atoms with Crippen LogP contribution in [-0.4, -0.2) is 49.5 Å². The van der Waals surface area contributed by atoms with Gasteiger partial charge in [0.25, 0.3) is 0 Å². The quantitative estimate of drug-likeness (QED) is 0.293. The zero-order valence-electron chi connectivity index (χ0n) is 16.6. The smallest absolute Gasteiger partial charge is 0.323 e. The Morgan fingerprint density at radius 3 is 1.96 bits per heavy atom. The summed E-state index contributed by atoms with van der Waals surface area (Å²) in [6.45, 7) is 2.21. The molecule has 0 rings (SSSR count). The predicted molar refractivity (Wildman–Crippen MR) is 108 cm³/mol. The Labute approximate surface area is 162 Å². The number of sulfonamides is 1. The SMILES string of the molecule is CCCCCCCCCCCCS(=O)(=O)NC(CCS(C)=O)C(=O)OC. The molecule has 0 spiro atoms. The van der Waals surface area contributed by atoms with Crippen LogP contribution in [0.4, 0.5) is 0 Å². The predicted octanol–water partition coefficient (Wildman–Crippen LogP) is 3.14. The molecule has 1 N–H and O–H groups in total. The van der Waals surface area contributed by atoms with Gasteiger partial charge in [0, 0.05) is 22.8 Å². The normalized spacial score (nSPS) is 14.1. The van der Waals surface area contributed by atoms with Crippen LogP contribution in [0.3, 0.4) is 0 Å². The topological polar surface area (TPSA) is 89.5 Å². The van der Waals surface area contributed by atoms with E-state index in [1.54, 1.807) is 0 Å². The maximum absolute atomic E-state index is 12.1. The van der Waals surface area contributed by atoms with Gasteiger partial charge in [0.05, 0.1) is 12.9 Å². The van der Waals surface area contributed by atoms with Crippen molar-refractivity contribution in [3.63, 3.8) is 0 Å². The van der Waals surface area contributed by atoms with E-state index in [0.717, 1.165) is 19.3 Å². The summed E-state index contributed by atoms with van der Waals surface area (Å²) >= 11 is 0. The van der Waals surface area contributed by atoms with Crippen LogP contribution in [0.2, 0.25) is 0 Å². The second kappa shape index (κ2) is 15.6. The molecule has 0 saturated heterocycles. The van der Waals surface area contributed by atoms with Gasteiger partial charge in [-0.15, -0.1) is 0 Å². The summed E-state index contributed by atoms with van der Waals surface area (Å²) in [4.78, 5) is 11.7. The van der Waals surface area contributed by atoms with E-state index in [1.807, 2.05) is 0 Å². The molecular weight excluding hydrogens is 374 g/mol. The number of unbranched alkanes of at least 4 members (excludes halogenated alkanes) is 9. The number of hydrogen-bond donors (Lipinski definition) is 1. The average Bonchev–Trinajstić information content (AvgIpc) is 2.59. The first-order valence-corrected chi connectivity index (χ1v) is 13.1. The van der Waals surface area contributed by atoms with Crippen LogP contribution >= 0.6 is 0 Å². The van der Waals surface area contributed by atoms with Gasteiger partial charge in [0.1, 0.15) is 6.04 Å². The largest absolute Gasteiger partial charge is 0.468 e. The number of methoxy groups -OCH3 is 1. The fourth-order valence-electron chi connectivity index (χ4n) is 2.71. The Kier molecular flexibility index (Phi) is 15.3. The zero-order valence-corrected chi connectivity index (χ0v) is 18.3. The van der Waals surface area contributed by atoms with Crippen LogP contribution in [0.5, 0.6) is 0 Å². The van der Waals surface area contributed by atoms with Crippen LogP contribution in [0, 0.1) is 0 Å². The van der Waals surface area contributed by atoms with E-state index in [9.17, 15) is 17.4 Å². The number of nitrogens with one attached hydrogen (secondary N) is 1. The van der Waals surface area contributed by atoms with E-state index in [1.165, 1.54) is 51.9 Å². The van der Waals surface area contributed by atoms with Crippen molar-refractivity contribution in [2.45, 2.75) is 83.6 Å². The Bertz CT molecular complexity index is 494. The molecule has 26 heavy (non-hydrogen) atoms. The molecule has 156 valence electrons. The molecule has 0 aliphatic heterocycles. The monoisotopic (exact) mass is 411 g/mol. The first-order chi connectivity index (χ1) is 12.3. The molecule has 2 unspecified atom stereocenters. The second-order valence-corrected chi connectivity index (χ2v) is 10.2. The van der Waals surface area contributed by atoms with Gasteiger partial charge in [-0.05, 0) is 12.8 Å².